The minimum absolute atomic E-state index is 0.0155. The van der Waals surface area contributed by atoms with E-state index >= 15 is 0 Å². The largest absolute Gasteiger partial charge is 0.480 e. The van der Waals surface area contributed by atoms with Crippen LogP contribution < -0.4 is 5.32 Å². The summed E-state index contributed by atoms with van der Waals surface area (Å²) in [5.74, 6) is -1.49. The molecule has 2 saturated carbocycles. The van der Waals surface area contributed by atoms with Crippen LogP contribution in [0, 0.1) is 11.8 Å². The molecule has 5 atom stereocenters. The predicted molar refractivity (Wildman–Crippen MR) is 90.0 cm³/mol. The first kappa shape index (κ1) is 18.2. The van der Waals surface area contributed by atoms with Crippen molar-refractivity contribution in [1.29, 1.82) is 0 Å². The van der Waals surface area contributed by atoms with E-state index in [2.05, 4.69) is 5.32 Å². The number of fused-ring (bicyclic) bond motifs is 1. The number of hydrogen-bond donors (Lipinski definition) is 3. The molecule has 0 bridgehead atoms. The third-order valence-electron chi connectivity index (χ3n) is 6.01. The molecule has 7 heteroatoms. The molecule has 1 heterocycles. The Bertz CT molecular complexity index is 548. The van der Waals surface area contributed by atoms with E-state index < -0.39 is 30.1 Å². The number of nitrogens with zero attached hydrogens (tertiary/aromatic N) is 1. The molecule has 1 aliphatic heterocycles. The van der Waals surface area contributed by atoms with Crippen molar-refractivity contribution in [3.63, 3.8) is 0 Å². The standard InChI is InChI=1S/C18H28N2O5/c1-10(19-13(17(22)23)8-11-6-7-11)16(21)20-14-5-3-2-4-12(14)9-15(20)18(24)25/h10-15,19H,2-9H2,1H3,(H,22,23)(H,24,25)/t10-,12-,13-,14-,15-/m0/s1. The third-order valence-corrected chi connectivity index (χ3v) is 6.01. The van der Waals surface area contributed by atoms with Gasteiger partial charge in [-0.2, -0.15) is 0 Å². The maximum absolute atomic E-state index is 13.0. The summed E-state index contributed by atoms with van der Waals surface area (Å²) >= 11 is 0. The molecular formula is C18H28N2O5. The Morgan fingerprint density at radius 2 is 1.80 bits per heavy atom. The molecule has 7 nitrogen and oxygen atoms in total. The van der Waals surface area contributed by atoms with Crippen LogP contribution >= 0.6 is 0 Å². The number of amides is 1. The minimum Gasteiger partial charge on any atom is -0.480 e. The van der Waals surface area contributed by atoms with Gasteiger partial charge in [0.1, 0.15) is 12.1 Å². The highest BCUT2D eigenvalue weighted by molar-refractivity contribution is 5.88. The molecule has 2 aliphatic carbocycles. The number of hydrogen-bond acceptors (Lipinski definition) is 4. The van der Waals surface area contributed by atoms with Crippen molar-refractivity contribution in [2.75, 3.05) is 0 Å². The Morgan fingerprint density at radius 1 is 1.12 bits per heavy atom. The van der Waals surface area contributed by atoms with Gasteiger partial charge in [0.05, 0.1) is 6.04 Å². The number of likely N-dealkylation sites (tertiary alicyclic amines) is 1. The first-order chi connectivity index (χ1) is 11.9. The highest BCUT2D eigenvalue weighted by Gasteiger charge is 2.48. The molecule has 3 rings (SSSR count). The van der Waals surface area contributed by atoms with Crippen LogP contribution in [0.4, 0.5) is 0 Å². The Kier molecular flexibility index (Phi) is 5.32. The Labute approximate surface area is 147 Å². The van der Waals surface area contributed by atoms with Crippen molar-refractivity contribution < 1.29 is 24.6 Å². The molecule has 0 aromatic rings. The fourth-order valence-corrected chi connectivity index (χ4v) is 4.52. The number of carboxylic acid groups (broad SMARTS) is 2. The number of aliphatic carboxylic acids is 2. The smallest absolute Gasteiger partial charge is 0.326 e. The van der Waals surface area contributed by atoms with Crippen molar-refractivity contribution >= 4 is 17.8 Å². The molecule has 0 unspecified atom stereocenters. The summed E-state index contributed by atoms with van der Waals surface area (Å²) in [5, 5.41) is 21.9. The molecule has 3 N–H and O–H groups in total. The van der Waals surface area contributed by atoms with Gasteiger partial charge in [0.2, 0.25) is 5.91 Å². The molecule has 1 saturated heterocycles. The van der Waals surface area contributed by atoms with E-state index in [4.69, 9.17) is 0 Å². The van der Waals surface area contributed by atoms with Crippen molar-refractivity contribution in [2.45, 2.75) is 82.5 Å². The fourth-order valence-electron chi connectivity index (χ4n) is 4.52. The highest BCUT2D eigenvalue weighted by atomic mass is 16.4. The van der Waals surface area contributed by atoms with Gasteiger partial charge in [-0.3, -0.25) is 14.9 Å². The van der Waals surface area contributed by atoms with Gasteiger partial charge in [-0.25, -0.2) is 4.79 Å². The van der Waals surface area contributed by atoms with Gasteiger partial charge in [-0.1, -0.05) is 25.7 Å². The molecule has 0 spiro atoms. The van der Waals surface area contributed by atoms with E-state index in [1.165, 1.54) is 0 Å². The quantitative estimate of drug-likeness (QED) is 0.640. The van der Waals surface area contributed by atoms with E-state index in [-0.39, 0.29) is 17.9 Å². The van der Waals surface area contributed by atoms with Gasteiger partial charge in [0.25, 0.3) is 0 Å². The SMILES string of the molecule is C[C@H](N[C@@H](CC1CC1)C(=O)O)C(=O)N1[C@H](C(=O)O)C[C@@H]2CCCC[C@@H]21. The molecule has 1 amide bonds. The number of rotatable bonds is 7. The van der Waals surface area contributed by atoms with Crippen LogP contribution in [0.5, 0.6) is 0 Å². The summed E-state index contributed by atoms with van der Waals surface area (Å²) in [6.45, 7) is 1.65. The van der Waals surface area contributed by atoms with E-state index in [1.54, 1.807) is 11.8 Å². The minimum atomic E-state index is -0.956. The van der Waals surface area contributed by atoms with E-state index in [1.807, 2.05) is 0 Å². The zero-order chi connectivity index (χ0) is 18.1. The molecule has 0 radical (unpaired) electrons. The molecule has 3 aliphatic rings. The molecule has 25 heavy (non-hydrogen) atoms. The van der Waals surface area contributed by atoms with Crippen LogP contribution in [-0.2, 0) is 14.4 Å². The van der Waals surface area contributed by atoms with Gasteiger partial charge in [-0.05, 0) is 44.4 Å². The fraction of sp³-hybridized carbons (Fsp3) is 0.833. The third kappa shape index (κ3) is 3.97. The summed E-state index contributed by atoms with van der Waals surface area (Å²) in [6.07, 6.45) is 7.06. The average molecular weight is 352 g/mol. The van der Waals surface area contributed by atoms with E-state index in [0.717, 1.165) is 38.5 Å². The van der Waals surface area contributed by atoms with Gasteiger partial charge in [-0.15, -0.1) is 0 Å². The predicted octanol–water partition coefficient (Wildman–Crippen LogP) is 1.46. The summed E-state index contributed by atoms with van der Waals surface area (Å²) in [4.78, 5) is 37.6. The second-order valence-corrected chi connectivity index (χ2v) is 7.91. The summed E-state index contributed by atoms with van der Waals surface area (Å²) < 4.78 is 0. The maximum Gasteiger partial charge on any atom is 0.326 e. The zero-order valence-corrected chi connectivity index (χ0v) is 14.7. The lowest BCUT2D eigenvalue weighted by Gasteiger charge is -2.35. The monoisotopic (exact) mass is 352 g/mol. The zero-order valence-electron chi connectivity index (χ0n) is 14.7. The highest BCUT2D eigenvalue weighted by Crippen LogP contribution is 2.40. The Morgan fingerprint density at radius 3 is 2.40 bits per heavy atom. The second kappa shape index (κ2) is 7.32. The van der Waals surface area contributed by atoms with Crippen LogP contribution in [0.1, 0.15) is 58.3 Å². The van der Waals surface area contributed by atoms with Crippen molar-refractivity contribution in [1.82, 2.24) is 10.2 Å². The van der Waals surface area contributed by atoms with Crippen LogP contribution in [0.2, 0.25) is 0 Å². The first-order valence-electron chi connectivity index (χ1n) is 9.42. The van der Waals surface area contributed by atoms with E-state index in [9.17, 15) is 24.6 Å². The maximum atomic E-state index is 13.0. The average Bonchev–Trinajstić information content (AvgIpc) is 3.30. The summed E-state index contributed by atoms with van der Waals surface area (Å²) in [5.41, 5.74) is 0. The Balaban J connectivity index is 1.69. The first-order valence-corrected chi connectivity index (χ1v) is 9.42. The molecule has 140 valence electrons. The van der Waals surface area contributed by atoms with Crippen molar-refractivity contribution in [3.05, 3.63) is 0 Å². The van der Waals surface area contributed by atoms with Crippen LogP contribution in [0.25, 0.3) is 0 Å². The van der Waals surface area contributed by atoms with Crippen LogP contribution in [0.3, 0.4) is 0 Å². The topological polar surface area (TPSA) is 107 Å². The van der Waals surface area contributed by atoms with Gasteiger partial charge < -0.3 is 15.1 Å². The van der Waals surface area contributed by atoms with Crippen LogP contribution in [-0.4, -0.2) is 57.1 Å². The number of nitrogens with one attached hydrogen (secondary N) is 1. The second-order valence-electron chi connectivity index (χ2n) is 7.91. The number of carboxylic acids is 2. The van der Waals surface area contributed by atoms with Crippen LogP contribution in [0.15, 0.2) is 0 Å². The van der Waals surface area contributed by atoms with Gasteiger partial charge in [0.15, 0.2) is 0 Å². The van der Waals surface area contributed by atoms with E-state index in [0.29, 0.717) is 18.8 Å². The lowest BCUT2D eigenvalue weighted by Crippen LogP contribution is -2.55. The molecule has 3 fully saturated rings. The number of carbonyl (C=O) groups excluding carboxylic acids is 1. The summed E-state index contributed by atoms with van der Waals surface area (Å²) in [6, 6.07) is -2.24. The Hall–Kier alpha value is -1.63. The lowest BCUT2D eigenvalue weighted by molar-refractivity contribution is -0.151. The van der Waals surface area contributed by atoms with Crippen molar-refractivity contribution in [2.24, 2.45) is 11.8 Å². The van der Waals surface area contributed by atoms with Gasteiger partial charge in [0, 0.05) is 6.04 Å². The van der Waals surface area contributed by atoms with Crippen molar-refractivity contribution in [3.8, 4) is 0 Å². The lowest BCUT2D eigenvalue weighted by atomic mass is 9.84. The number of carbonyl (C=O) groups is 3. The summed E-state index contributed by atoms with van der Waals surface area (Å²) in [7, 11) is 0. The molecular weight excluding hydrogens is 324 g/mol. The molecule has 0 aromatic carbocycles. The normalized spacial score (nSPS) is 31.2. The van der Waals surface area contributed by atoms with Gasteiger partial charge >= 0.3 is 11.9 Å². The molecule has 0 aromatic heterocycles.